The van der Waals surface area contributed by atoms with Crippen LogP contribution in [0.3, 0.4) is 0 Å². The van der Waals surface area contributed by atoms with Crippen LogP contribution in [-0.4, -0.2) is 75.8 Å². The zero-order chi connectivity index (χ0) is 50.8. The minimum atomic E-state index is -3.56. The summed E-state index contributed by atoms with van der Waals surface area (Å²) in [6, 6.07) is 37.1. The maximum atomic E-state index is 13.0. The lowest BCUT2D eigenvalue weighted by atomic mass is 10.0. The Morgan fingerprint density at radius 2 is 0.855 bits per heavy atom. The van der Waals surface area contributed by atoms with Crippen molar-refractivity contribution in [2.24, 2.45) is 0 Å². The molecular formula is C55H76N2O8S4. The van der Waals surface area contributed by atoms with E-state index in [1.165, 1.54) is 82.8 Å². The fourth-order valence-electron chi connectivity index (χ4n) is 7.31. The fraction of sp³-hybridized carbons (Fsp3) is 0.418. The summed E-state index contributed by atoms with van der Waals surface area (Å²) in [6.07, 6.45) is 17.8. The summed E-state index contributed by atoms with van der Waals surface area (Å²) in [5.74, 6) is 3.15. The van der Waals surface area contributed by atoms with Gasteiger partial charge >= 0.3 is 0 Å². The van der Waals surface area contributed by atoms with Gasteiger partial charge in [-0.1, -0.05) is 181 Å². The van der Waals surface area contributed by atoms with E-state index in [0.29, 0.717) is 27.6 Å². The van der Waals surface area contributed by atoms with Crippen molar-refractivity contribution in [3.05, 3.63) is 150 Å². The number of anilines is 1. The van der Waals surface area contributed by atoms with E-state index in [1.807, 2.05) is 32.9 Å². The summed E-state index contributed by atoms with van der Waals surface area (Å²) >= 11 is 0. The van der Waals surface area contributed by atoms with E-state index in [1.54, 1.807) is 114 Å². The summed E-state index contributed by atoms with van der Waals surface area (Å²) in [4.78, 5) is 15.0. The van der Waals surface area contributed by atoms with Gasteiger partial charge in [0.2, 0.25) is 0 Å². The monoisotopic (exact) mass is 1020 g/mol. The number of nitrogens with two attached hydrogens (primary N) is 1. The summed E-state index contributed by atoms with van der Waals surface area (Å²) in [5.41, 5.74) is 8.70. The number of rotatable bonds is 27. The molecule has 5 aromatic carbocycles. The zero-order valence-corrected chi connectivity index (χ0v) is 44.5. The number of carbonyl (C=O) groups is 1. The van der Waals surface area contributed by atoms with Crippen LogP contribution in [0.25, 0.3) is 0 Å². The van der Waals surface area contributed by atoms with Gasteiger partial charge in [-0.25, -0.2) is 25.3 Å². The second-order valence-corrected chi connectivity index (χ2v) is 26.1. The van der Waals surface area contributed by atoms with Crippen molar-refractivity contribution in [3.8, 4) is 0 Å². The lowest BCUT2D eigenvalue weighted by Crippen LogP contribution is -2.34. The van der Waals surface area contributed by atoms with Crippen molar-refractivity contribution in [2.75, 3.05) is 35.5 Å². The molecule has 10 nitrogen and oxygen atoms in total. The van der Waals surface area contributed by atoms with Crippen molar-refractivity contribution < 1.29 is 34.3 Å². The first-order chi connectivity index (χ1) is 32.8. The number of aryl methyl sites for hydroxylation is 2. The molecule has 0 heterocycles. The van der Waals surface area contributed by atoms with E-state index in [2.05, 4.69) is 12.8 Å². The van der Waals surface area contributed by atoms with Crippen LogP contribution < -0.4 is 5.73 Å². The highest BCUT2D eigenvalue weighted by atomic mass is 32.2. The molecular weight excluding hydrogens is 945 g/mol. The third-order valence-electron chi connectivity index (χ3n) is 11.5. The number of nitrogens with zero attached hydrogens (tertiary/aromatic N) is 1. The third kappa shape index (κ3) is 22.4. The van der Waals surface area contributed by atoms with Crippen LogP contribution >= 0.6 is 0 Å². The van der Waals surface area contributed by atoms with Gasteiger partial charge in [-0.3, -0.25) is 13.9 Å². The van der Waals surface area contributed by atoms with E-state index in [4.69, 9.17) is 5.73 Å². The van der Waals surface area contributed by atoms with Gasteiger partial charge in [0.25, 0.3) is 0 Å². The van der Waals surface area contributed by atoms with Gasteiger partial charge in [-0.15, -0.1) is 0 Å². The topological polar surface area (TPSA) is 166 Å². The Kier molecular flexibility index (Phi) is 25.7. The molecule has 0 aliphatic heterocycles. The van der Waals surface area contributed by atoms with Gasteiger partial charge < -0.3 is 5.73 Å². The van der Waals surface area contributed by atoms with Gasteiger partial charge in [0.05, 0.1) is 26.3 Å². The third-order valence-corrected chi connectivity index (χ3v) is 18.6. The molecule has 0 saturated carbocycles. The minimum Gasteiger partial charge on any atom is -0.399 e. The molecule has 0 aliphatic rings. The van der Waals surface area contributed by atoms with Gasteiger partial charge in [0.15, 0.2) is 35.3 Å². The predicted octanol–water partition coefficient (Wildman–Crippen LogP) is 12.0. The molecule has 0 bridgehead atoms. The Labute approximate surface area is 415 Å². The molecule has 14 heteroatoms. The van der Waals surface area contributed by atoms with Gasteiger partial charge in [-0.2, -0.15) is 0 Å². The van der Waals surface area contributed by atoms with Crippen molar-refractivity contribution in [1.29, 1.82) is 0 Å². The molecule has 0 saturated heterocycles. The molecule has 2 N–H and O–H groups in total. The van der Waals surface area contributed by atoms with Crippen molar-refractivity contribution in [3.63, 3.8) is 0 Å². The standard InChI is InChI=1S/C22H39NO2S.C19H25NO3S2.C14H12O3S/c1-2-3-4-5-6-7-8-9-10-11-12-13-14-15-20-26(24,25)22-18-16-21(23)17-19-22;1-5-20(14-24(4,21)18-10-6-16(2)7-11-18)15-25(22,23)19-12-8-17(3)9-13-19;15-14(12-7-3-1-4-8-12)11-18(16,17)13-9-5-2-6-10-13/h16-19H,2-15,20,23H2,1H3;6-13H,4-5,14-15H2,1-3H3;1-10H,11H2. The average Bonchev–Trinajstić information content (AvgIpc) is 3.32. The number of hydrogen-bond acceptors (Lipinski definition) is 10. The number of unbranched alkanes of at least 4 members (excludes halogenated alkanes) is 13. The fourth-order valence-corrected chi connectivity index (χ4v) is 13.1. The summed E-state index contributed by atoms with van der Waals surface area (Å²) < 4.78 is 86.7. The Balaban J connectivity index is 0.000000278. The average molecular weight is 1020 g/mol. The molecule has 0 spiro atoms. The summed E-state index contributed by atoms with van der Waals surface area (Å²) in [6.45, 7) is 8.47. The molecule has 0 amide bonds. The molecule has 69 heavy (non-hydrogen) atoms. The van der Waals surface area contributed by atoms with Crippen LogP contribution in [-0.2, 0) is 39.0 Å². The van der Waals surface area contributed by atoms with Crippen LogP contribution in [0.5, 0.6) is 0 Å². The van der Waals surface area contributed by atoms with Crippen LogP contribution in [0.2, 0.25) is 0 Å². The van der Waals surface area contributed by atoms with Gasteiger partial charge in [0, 0.05) is 25.7 Å². The minimum absolute atomic E-state index is 0.109. The van der Waals surface area contributed by atoms with Gasteiger partial charge in [0.1, 0.15) is 11.6 Å². The molecule has 378 valence electrons. The quantitative estimate of drug-likeness (QED) is 0.0231. The molecule has 0 aromatic heterocycles. The van der Waals surface area contributed by atoms with Crippen LogP contribution in [0.4, 0.5) is 5.69 Å². The second kappa shape index (κ2) is 30.2. The normalized spacial score (nSPS) is 12.5. The van der Waals surface area contributed by atoms with E-state index in [-0.39, 0.29) is 33.1 Å². The first kappa shape index (κ1) is 58.7. The molecule has 5 aromatic rings. The molecule has 1 atom stereocenters. The molecule has 0 aliphatic carbocycles. The highest BCUT2D eigenvalue weighted by Gasteiger charge is 2.22. The lowest BCUT2D eigenvalue weighted by molar-refractivity contribution is 0.102. The number of benzene rings is 5. The zero-order valence-electron chi connectivity index (χ0n) is 41.3. The maximum absolute atomic E-state index is 13.0. The highest BCUT2D eigenvalue weighted by Crippen LogP contribution is 2.20. The number of ketones is 1. The van der Waals surface area contributed by atoms with Gasteiger partial charge in [-0.05, 0) is 93.3 Å². The van der Waals surface area contributed by atoms with E-state index >= 15 is 0 Å². The molecule has 0 radical (unpaired) electrons. The number of sulfone groups is 3. The molecule has 5 rings (SSSR count). The summed E-state index contributed by atoms with van der Waals surface area (Å²) in [7, 11) is -12.8. The SMILES string of the molecule is C=S(=O)(CN(CC)CS(=O)(=O)c1ccc(C)cc1)c1ccc(C)cc1.CCCCCCCCCCCCCCCCS(=O)(=O)c1ccc(N)cc1.O=C(CS(=O)(=O)c1ccccc1)c1ccccc1. The Bertz CT molecular complexity index is 2620. The number of Topliss-reactive ketones (excluding diaryl/α,β-unsaturated/α-hetero) is 1. The largest absolute Gasteiger partial charge is 0.399 e. The Hall–Kier alpha value is -4.60. The van der Waals surface area contributed by atoms with Crippen LogP contribution in [0, 0.1) is 13.8 Å². The molecule has 0 fully saturated rings. The van der Waals surface area contributed by atoms with Crippen LogP contribution in [0.15, 0.2) is 153 Å². The lowest BCUT2D eigenvalue weighted by Gasteiger charge is -2.23. The number of hydrogen-bond donors (Lipinski definition) is 1. The highest BCUT2D eigenvalue weighted by molar-refractivity contribution is 8.00. The Morgan fingerprint density at radius 3 is 1.32 bits per heavy atom. The van der Waals surface area contributed by atoms with Crippen molar-refractivity contribution >= 4 is 56.4 Å². The smallest absolute Gasteiger partial charge is 0.191 e. The first-order valence-corrected chi connectivity index (χ1v) is 31.0. The van der Waals surface area contributed by atoms with E-state index in [0.717, 1.165) is 30.4 Å². The Morgan fingerprint density at radius 1 is 0.464 bits per heavy atom. The van der Waals surface area contributed by atoms with Crippen molar-refractivity contribution in [2.45, 2.75) is 137 Å². The van der Waals surface area contributed by atoms with E-state index in [9.17, 15) is 34.3 Å². The first-order valence-electron chi connectivity index (χ1n) is 24.2. The summed E-state index contributed by atoms with van der Waals surface area (Å²) in [5, 5.41) is 0. The molecule has 1 unspecified atom stereocenters. The van der Waals surface area contributed by atoms with Crippen LogP contribution in [0.1, 0.15) is 125 Å². The number of carbonyl (C=O) groups excluding carboxylic acids is 1. The number of nitrogen functional groups attached to an aromatic ring is 1. The van der Waals surface area contributed by atoms with E-state index < -0.39 is 44.8 Å². The predicted molar refractivity (Wildman–Crippen MR) is 288 cm³/mol. The second-order valence-electron chi connectivity index (χ2n) is 17.6. The van der Waals surface area contributed by atoms with Crippen molar-refractivity contribution in [1.82, 2.24) is 4.90 Å². The maximum Gasteiger partial charge on any atom is 0.191 e.